The van der Waals surface area contributed by atoms with Gasteiger partial charge in [-0.05, 0) is 12.1 Å². The van der Waals surface area contributed by atoms with Crippen LogP contribution in [0.3, 0.4) is 0 Å². The van der Waals surface area contributed by atoms with E-state index >= 15 is 0 Å². The molecule has 24 heavy (non-hydrogen) atoms. The van der Waals surface area contributed by atoms with Crippen molar-refractivity contribution in [3.05, 3.63) is 42.2 Å². The van der Waals surface area contributed by atoms with Crippen LogP contribution in [0.2, 0.25) is 0 Å². The summed E-state index contributed by atoms with van der Waals surface area (Å²) in [5, 5.41) is 9.62. The minimum atomic E-state index is -3.44. The van der Waals surface area contributed by atoms with Gasteiger partial charge in [-0.25, -0.2) is 13.1 Å². The fourth-order valence-electron chi connectivity index (χ4n) is 1.75. The number of furan rings is 1. The summed E-state index contributed by atoms with van der Waals surface area (Å²) in [7, 11) is -1.81. The molecular weight excluding hydrogens is 449 g/mol. The monoisotopic (exact) mass is 469 g/mol. The molecule has 0 bridgehead atoms. The van der Waals surface area contributed by atoms with Crippen molar-refractivity contribution in [2.45, 2.75) is 12.3 Å². The highest BCUT2D eigenvalue weighted by molar-refractivity contribution is 14.0. The van der Waals surface area contributed by atoms with Gasteiger partial charge in [-0.2, -0.15) is 0 Å². The number of halogens is 1. The lowest BCUT2D eigenvalue weighted by molar-refractivity contribution is 0.413. The van der Waals surface area contributed by atoms with Crippen molar-refractivity contribution in [1.82, 2.24) is 20.5 Å². The Morgan fingerprint density at radius 2 is 2.08 bits per heavy atom. The van der Waals surface area contributed by atoms with Crippen LogP contribution in [0.5, 0.6) is 0 Å². The van der Waals surface area contributed by atoms with Gasteiger partial charge in [-0.1, -0.05) is 5.16 Å². The quantitative estimate of drug-likeness (QED) is 0.225. The maximum absolute atomic E-state index is 11.8. The molecule has 9 nitrogen and oxygen atoms in total. The van der Waals surface area contributed by atoms with E-state index in [-0.39, 0.29) is 36.3 Å². The maximum Gasteiger partial charge on any atom is 0.217 e. The van der Waals surface area contributed by atoms with Gasteiger partial charge in [0.2, 0.25) is 10.0 Å². The third kappa shape index (κ3) is 7.31. The average molecular weight is 469 g/mol. The van der Waals surface area contributed by atoms with Crippen molar-refractivity contribution in [1.29, 1.82) is 0 Å². The molecule has 0 unspecified atom stereocenters. The summed E-state index contributed by atoms with van der Waals surface area (Å²) in [6.45, 7) is 1.10. The second kappa shape index (κ2) is 10.3. The van der Waals surface area contributed by atoms with E-state index in [2.05, 4.69) is 30.0 Å². The van der Waals surface area contributed by atoms with Crippen LogP contribution in [0.4, 0.5) is 0 Å². The maximum atomic E-state index is 11.8. The van der Waals surface area contributed by atoms with Gasteiger partial charge >= 0.3 is 0 Å². The molecule has 0 aliphatic heterocycles. The summed E-state index contributed by atoms with van der Waals surface area (Å²) in [6, 6.07) is 5.16. The SMILES string of the molecule is CN=C(NCCNS(=O)(=O)Cc1ccon1)NCc1ccco1.I. The van der Waals surface area contributed by atoms with Crippen LogP contribution in [0, 0.1) is 0 Å². The number of rotatable bonds is 8. The van der Waals surface area contributed by atoms with Gasteiger partial charge in [0.1, 0.15) is 17.8 Å². The highest BCUT2D eigenvalue weighted by atomic mass is 127. The van der Waals surface area contributed by atoms with E-state index < -0.39 is 10.0 Å². The number of sulfonamides is 1. The summed E-state index contributed by atoms with van der Waals surface area (Å²) in [5.41, 5.74) is 0.362. The van der Waals surface area contributed by atoms with Crippen molar-refractivity contribution >= 4 is 40.0 Å². The predicted octanol–water partition coefficient (Wildman–Crippen LogP) is 0.670. The Balaban J connectivity index is 0.00000288. The third-order valence-corrected chi connectivity index (χ3v) is 4.12. The summed E-state index contributed by atoms with van der Waals surface area (Å²) in [6.07, 6.45) is 2.93. The standard InChI is InChI=1S/C13H19N5O4S.HI/c1-14-13(16-9-12-3-2-7-21-12)15-5-6-17-23(19,20)10-11-4-8-22-18-11;/h2-4,7-8,17H,5-6,9-10H2,1H3,(H2,14,15,16);1H. The van der Waals surface area contributed by atoms with E-state index in [1.807, 2.05) is 6.07 Å². The van der Waals surface area contributed by atoms with Gasteiger partial charge in [0.15, 0.2) is 5.96 Å². The van der Waals surface area contributed by atoms with Gasteiger partial charge in [0.25, 0.3) is 0 Å². The molecule has 2 aromatic heterocycles. The van der Waals surface area contributed by atoms with Gasteiger partial charge in [0, 0.05) is 26.2 Å². The van der Waals surface area contributed by atoms with E-state index in [1.54, 1.807) is 19.4 Å². The van der Waals surface area contributed by atoms with Crippen molar-refractivity contribution in [2.75, 3.05) is 20.1 Å². The van der Waals surface area contributed by atoms with Gasteiger partial charge < -0.3 is 19.6 Å². The van der Waals surface area contributed by atoms with Crippen LogP contribution in [0.1, 0.15) is 11.5 Å². The molecule has 0 atom stereocenters. The number of hydrogen-bond acceptors (Lipinski definition) is 6. The lowest BCUT2D eigenvalue weighted by Crippen LogP contribution is -2.41. The summed E-state index contributed by atoms with van der Waals surface area (Å²) in [4.78, 5) is 4.04. The minimum absolute atomic E-state index is 0. The van der Waals surface area contributed by atoms with Crippen LogP contribution in [-0.4, -0.2) is 39.7 Å². The fraction of sp³-hybridized carbons (Fsp3) is 0.385. The van der Waals surface area contributed by atoms with Crippen LogP contribution in [0.25, 0.3) is 0 Å². The first kappa shape index (κ1) is 20.4. The molecule has 0 aliphatic carbocycles. The van der Waals surface area contributed by atoms with E-state index in [0.717, 1.165) is 5.76 Å². The lowest BCUT2D eigenvalue weighted by atomic mass is 10.4. The number of nitrogens with one attached hydrogen (secondary N) is 3. The van der Waals surface area contributed by atoms with Crippen molar-refractivity contribution in [3.8, 4) is 0 Å². The molecule has 0 fully saturated rings. The molecule has 0 radical (unpaired) electrons. The topological polar surface area (TPSA) is 122 Å². The number of aromatic nitrogens is 1. The fourth-order valence-corrected chi connectivity index (χ4v) is 2.80. The summed E-state index contributed by atoms with van der Waals surface area (Å²) >= 11 is 0. The molecule has 0 spiro atoms. The molecule has 0 aromatic carbocycles. The zero-order valence-electron chi connectivity index (χ0n) is 13.1. The first-order valence-electron chi connectivity index (χ1n) is 6.92. The normalized spacial score (nSPS) is 11.8. The number of hydrogen-bond donors (Lipinski definition) is 3. The van der Waals surface area contributed by atoms with E-state index in [9.17, 15) is 8.42 Å². The van der Waals surface area contributed by atoms with E-state index in [0.29, 0.717) is 24.7 Å². The first-order valence-corrected chi connectivity index (χ1v) is 8.58. The van der Waals surface area contributed by atoms with E-state index in [4.69, 9.17) is 4.42 Å². The highest BCUT2D eigenvalue weighted by Crippen LogP contribution is 2.00. The van der Waals surface area contributed by atoms with Gasteiger partial charge in [-0.15, -0.1) is 24.0 Å². The molecular formula is C13H20IN5O4S. The minimum Gasteiger partial charge on any atom is -0.467 e. The molecule has 2 heterocycles. The molecule has 134 valence electrons. The Hall–Kier alpha value is -1.60. The summed E-state index contributed by atoms with van der Waals surface area (Å²) < 4.78 is 35.9. The predicted molar refractivity (Wildman–Crippen MR) is 99.5 cm³/mol. The molecule has 11 heteroatoms. The molecule has 2 aromatic rings. The van der Waals surface area contributed by atoms with Crippen molar-refractivity contribution < 1.29 is 17.4 Å². The molecule has 0 saturated carbocycles. The van der Waals surface area contributed by atoms with Crippen molar-refractivity contribution in [2.24, 2.45) is 4.99 Å². The lowest BCUT2D eigenvalue weighted by Gasteiger charge is -2.11. The van der Waals surface area contributed by atoms with Crippen LogP contribution in [-0.2, 0) is 22.3 Å². The zero-order valence-corrected chi connectivity index (χ0v) is 16.2. The molecule has 2 rings (SSSR count). The number of nitrogens with zero attached hydrogens (tertiary/aromatic N) is 2. The molecule has 3 N–H and O–H groups in total. The van der Waals surface area contributed by atoms with Gasteiger partial charge in [0.05, 0.1) is 18.5 Å². The Labute approximate surface area is 157 Å². The first-order chi connectivity index (χ1) is 11.1. The van der Waals surface area contributed by atoms with Crippen LogP contribution < -0.4 is 15.4 Å². The van der Waals surface area contributed by atoms with Crippen LogP contribution >= 0.6 is 24.0 Å². The molecule has 0 amide bonds. The Morgan fingerprint density at radius 3 is 2.71 bits per heavy atom. The zero-order chi connectivity index (χ0) is 16.5. The second-order valence-corrected chi connectivity index (χ2v) is 6.38. The van der Waals surface area contributed by atoms with E-state index in [1.165, 1.54) is 12.3 Å². The third-order valence-electron chi connectivity index (χ3n) is 2.80. The Kier molecular flexibility index (Phi) is 8.78. The van der Waals surface area contributed by atoms with Crippen LogP contribution in [0.15, 0.2) is 44.7 Å². The largest absolute Gasteiger partial charge is 0.467 e. The molecule has 0 saturated heterocycles. The number of guanidine groups is 1. The summed E-state index contributed by atoms with van der Waals surface area (Å²) in [5.74, 6) is 1.12. The van der Waals surface area contributed by atoms with Crippen molar-refractivity contribution in [3.63, 3.8) is 0 Å². The Morgan fingerprint density at radius 1 is 1.25 bits per heavy atom. The van der Waals surface area contributed by atoms with Gasteiger partial charge in [-0.3, -0.25) is 4.99 Å². The Bertz CT molecular complexity index is 701. The second-order valence-electron chi connectivity index (χ2n) is 4.58. The number of aliphatic imine (C=N–C) groups is 1. The average Bonchev–Trinajstić information content (AvgIpc) is 3.19. The smallest absolute Gasteiger partial charge is 0.217 e. The highest BCUT2D eigenvalue weighted by Gasteiger charge is 2.12. The molecule has 0 aliphatic rings.